The first-order valence-corrected chi connectivity index (χ1v) is 4.87. The van der Waals surface area contributed by atoms with Gasteiger partial charge < -0.3 is 5.32 Å². The number of halogens is 1. The average molecular weight is 177 g/mol. The highest BCUT2D eigenvalue weighted by Gasteiger charge is 2.36. The molecule has 3 rings (SSSR count). The Labute approximate surface area is 77.0 Å². The van der Waals surface area contributed by atoms with Crippen molar-refractivity contribution in [2.45, 2.75) is 18.9 Å². The average Bonchev–Trinajstić information content (AvgIpc) is 2.65. The summed E-state index contributed by atoms with van der Waals surface area (Å²) in [5.74, 6) is 0.626. The zero-order valence-electron chi connectivity index (χ0n) is 7.39. The largest absolute Gasteiger partial charge is 0.310 e. The van der Waals surface area contributed by atoms with E-state index in [0.717, 1.165) is 18.5 Å². The highest BCUT2D eigenvalue weighted by molar-refractivity contribution is 5.37. The molecule has 1 saturated heterocycles. The molecule has 1 aliphatic heterocycles. The Morgan fingerprint density at radius 3 is 3.23 bits per heavy atom. The maximum absolute atomic E-state index is 13.4. The molecule has 2 heteroatoms. The van der Waals surface area contributed by atoms with Crippen LogP contribution in [-0.2, 0) is 6.42 Å². The van der Waals surface area contributed by atoms with Crippen LogP contribution in [0.15, 0.2) is 18.2 Å². The standard InChI is InChI=1S/C11H12FN/c12-10-3-1-2-8-9(10)6-7-4-5-13-11(7)8/h1-3,7,11,13H,4-6H2. The fourth-order valence-corrected chi connectivity index (χ4v) is 2.69. The van der Waals surface area contributed by atoms with Gasteiger partial charge in [0.05, 0.1) is 0 Å². The van der Waals surface area contributed by atoms with Gasteiger partial charge in [-0.1, -0.05) is 12.1 Å². The van der Waals surface area contributed by atoms with Crippen LogP contribution in [0.2, 0.25) is 0 Å². The second-order valence-corrected chi connectivity index (χ2v) is 3.99. The Morgan fingerprint density at radius 1 is 1.38 bits per heavy atom. The van der Waals surface area contributed by atoms with Crippen LogP contribution < -0.4 is 5.32 Å². The number of hydrogen-bond donors (Lipinski definition) is 1. The Balaban J connectivity index is 2.12. The Bertz CT molecular complexity index is 348. The highest BCUT2D eigenvalue weighted by atomic mass is 19.1. The molecule has 0 amide bonds. The Hall–Kier alpha value is -0.890. The molecule has 13 heavy (non-hydrogen) atoms. The molecule has 1 aliphatic carbocycles. The van der Waals surface area contributed by atoms with Gasteiger partial charge in [-0.25, -0.2) is 4.39 Å². The van der Waals surface area contributed by atoms with Gasteiger partial charge in [-0.2, -0.15) is 0 Å². The van der Waals surface area contributed by atoms with Gasteiger partial charge in [0.15, 0.2) is 0 Å². The molecule has 1 N–H and O–H groups in total. The van der Waals surface area contributed by atoms with Gasteiger partial charge in [-0.3, -0.25) is 0 Å². The predicted octanol–water partition coefficient (Wildman–Crippen LogP) is 2.03. The molecule has 2 aliphatic rings. The number of nitrogens with one attached hydrogen (secondary N) is 1. The molecule has 1 heterocycles. The Kier molecular flexibility index (Phi) is 1.47. The normalized spacial score (nSPS) is 30.2. The monoisotopic (exact) mass is 177 g/mol. The zero-order chi connectivity index (χ0) is 8.84. The third kappa shape index (κ3) is 0.953. The van der Waals surface area contributed by atoms with Crippen molar-refractivity contribution in [3.8, 4) is 0 Å². The smallest absolute Gasteiger partial charge is 0.126 e. The van der Waals surface area contributed by atoms with Crippen LogP contribution in [0.5, 0.6) is 0 Å². The van der Waals surface area contributed by atoms with Gasteiger partial charge in [0.2, 0.25) is 0 Å². The SMILES string of the molecule is Fc1cccc2c1CC1CCNC21. The van der Waals surface area contributed by atoms with E-state index in [1.54, 1.807) is 6.07 Å². The summed E-state index contributed by atoms with van der Waals surface area (Å²) in [7, 11) is 0. The van der Waals surface area contributed by atoms with Crippen molar-refractivity contribution in [2.75, 3.05) is 6.54 Å². The molecule has 1 aromatic carbocycles. The van der Waals surface area contributed by atoms with Gasteiger partial charge in [0.1, 0.15) is 5.82 Å². The summed E-state index contributed by atoms with van der Waals surface area (Å²) in [4.78, 5) is 0. The number of hydrogen-bond acceptors (Lipinski definition) is 1. The van der Waals surface area contributed by atoms with Crippen LogP contribution in [0, 0.1) is 11.7 Å². The number of fused-ring (bicyclic) bond motifs is 3. The summed E-state index contributed by atoms with van der Waals surface area (Å²) in [6, 6.07) is 5.88. The van der Waals surface area contributed by atoms with Crippen molar-refractivity contribution >= 4 is 0 Å². The third-order valence-corrected chi connectivity index (χ3v) is 3.31. The minimum absolute atomic E-state index is 0.0197. The van der Waals surface area contributed by atoms with E-state index < -0.39 is 0 Å². The summed E-state index contributed by atoms with van der Waals surface area (Å²) in [5.41, 5.74) is 2.15. The molecule has 0 radical (unpaired) electrons. The molecule has 68 valence electrons. The maximum atomic E-state index is 13.4. The van der Waals surface area contributed by atoms with Gasteiger partial charge in [0.25, 0.3) is 0 Å². The molecule has 1 nitrogen and oxygen atoms in total. The minimum atomic E-state index is -0.0197. The van der Waals surface area contributed by atoms with Crippen LogP contribution in [-0.4, -0.2) is 6.54 Å². The summed E-state index contributed by atoms with van der Waals surface area (Å²) in [6.07, 6.45) is 2.12. The van der Waals surface area contributed by atoms with Crippen molar-refractivity contribution in [2.24, 2.45) is 5.92 Å². The molecule has 0 saturated carbocycles. The number of benzene rings is 1. The molecule has 1 fully saturated rings. The zero-order valence-corrected chi connectivity index (χ0v) is 7.39. The lowest BCUT2D eigenvalue weighted by Gasteiger charge is -2.09. The Morgan fingerprint density at radius 2 is 2.31 bits per heavy atom. The van der Waals surface area contributed by atoms with Crippen LogP contribution in [0.1, 0.15) is 23.6 Å². The van der Waals surface area contributed by atoms with Gasteiger partial charge in [-0.05, 0) is 42.5 Å². The second kappa shape index (κ2) is 2.55. The summed E-state index contributed by atoms with van der Waals surface area (Å²) in [6.45, 7) is 1.09. The third-order valence-electron chi connectivity index (χ3n) is 3.31. The first-order chi connectivity index (χ1) is 6.36. The quantitative estimate of drug-likeness (QED) is 0.639. The molecule has 2 unspecified atom stereocenters. The summed E-state index contributed by atoms with van der Waals surface area (Å²) in [5, 5.41) is 3.44. The van der Waals surface area contributed by atoms with E-state index in [-0.39, 0.29) is 5.82 Å². The van der Waals surface area contributed by atoms with Gasteiger partial charge in [0, 0.05) is 6.04 Å². The van der Waals surface area contributed by atoms with Crippen molar-refractivity contribution in [3.05, 3.63) is 35.1 Å². The first kappa shape index (κ1) is 7.51. The number of rotatable bonds is 0. The fraction of sp³-hybridized carbons (Fsp3) is 0.455. The van der Waals surface area contributed by atoms with Crippen LogP contribution in [0.3, 0.4) is 0 Å². The van der Waals surface area contributed by atoms with E-state index in [4.69, 9.17) is 0 Å². The van der Waals surface area contributed by atoms with Crippen LogP contribution in [0.4, 0.5) is 4.39 Å². The van der Waals surface area contributed by atoms with Crippen molar-refractivity contribution in [1.82, 2.24) is 5.32 Å². The molecular weight excluding hydrogens is 165 g/mol. The van der Waals surface area contributed by atoms with E-state index >= 15 is 0 Å². The summed E-state index contributed by atoms with van der Waals surface area (Å²) < 4.78 is 13.4. The van der Waals surface area contributed by atoms with Crippen LogP contribution in [0.25, 0.3) is 0 Å². The first-order valence-electron chi connectivity index (χ1n) is 4.87. The maximum Gasteiger partial charge on any atom is 0.126 e. The van der Waals surface area contributed by atoms with E-state index in [2.05, 4.69) is 11.4 Å². The van der Waals surface area contributed by atoms with E-state index in [1.807, 2.05) is 6.07 Å². The molecular formula is C11H12FN. The van der Waals surface area contributed by atoms with E-state index in [0.29, 0.717) is 12.0 Å². The van der Waals surface area contributed by atoms with Crippen LogP contribution >= 0.6 is 0 Å². The second-order valence-electron chi connectivity index (χ2n) is 3.99. The molecule has 0 spiro atoms. The van der Waals surface area contributed by atoms with E-state index in [9.17, 15) is 4.39 Å². The summed E-state index contributed by atoms with van der Waals surface area (Å²) >= 11 is 0. The van der Waals surface area contributed by atoms with E-state index in [1.165, 1.54) is 12.0 Å². The lowest BCUT2D eigenvalue weighted by Crippen LogP contribution is -2.13. The predicted molar refractivity (Wildman–Crippen MR) is 49.0 cm³/mol. The lowest BCUT2D eigenvalue weighted by molar-refractivity contribution is 0.501. The molecule has 0 aromatic heterocycles. The van der Waals surface area contributed by atoms with Crippen molar-refractivity contribution < 1.29 is 4.39 Å². The minimum Gasteiger partial charge on any atom is -0.310 e. The lowest BCUT2D eigenvalue weighted by atomic mass is 10.0. The highest BCUT2D eigenvalue weighted by Crippen LogP contribution is 2.41. The molecule has 0 bridgehead atoms. The fourth-order valence-electron chi connectivity index (χ4n) is 2.69. The van der Waals surface area contributed by atoms with Crippen molar-refractivity contribution in [1.29, 1.82) is 0 Å². The van der Waals surface area contributed by atoms with Gasteiger partial charge >= 0.3 is 0 Å². The van der Waals surface area contributed by atoms with Gasteiger partial charge in [-0.15, -0.1) is 0 Å². The van der Waals surface area contributed by atoms with Crippen molar-refractivity contribution in [3.63, 3.8) is 0 Å². The topological polar surface area (TPSA) is 12.0 Å². The molecule has 2 atom stereocenters. The molecule has 1 aromatic rings.